The molecule has 3 aliphatic carbocycles. The van der Waals surface area contributed by atoms with Crippen LogP contribution >= 0.6 is 0 Å². The van der Waals surface area contributed by atoms with E-state index in [1.807, 2.05) is 4.90 Å². The summed E-state index contributed by atoms with van der Waals surface area (Å²) in [5, 5.41) is 2.52. The molecule has 0 aromatic heterocycles. The second-order valence-electron chi connectivity index (χ2n) is 11.9. The van der Waals surface area contributed by atoms with Crippen LogP contribution in [0.25, 0.3) is 0 Å². The average molecular weight is 563 g/mol. The molecule has 4 fully saturated rings. The second-order valence-corrected chi connectivity index (χ2v) is 15.7. The predicted octanol–water partition coefficient (Wildman–Crippen LogP) is 2.62. The molecule has 10 nitrogen and oxygen atoms in total. The van der Waals surface area contributed by atoms with Crippen LogP contribution in [0.1, 0.15) is 52.4 Å². The van der Waals surface area contributed by atoms with Crippen molar-refractivity contribution in [2.75, 3.05) is 23.2 Å². The van der Waals surface area contributed by atoms with E-state index in [-0.39, 0.29) is 51.7 Å². The lowest BCUT2D eigenvalue weighted by molar-refractivity contribution is -0.152. The highest BCUT2D eigenvalue weighted by Crippen LogP contribution is 2.54. The highest BCUT2D eigenvalue weighted by Gasteiger charge is 2.60. The number of piperidine rings is 1. The lowest BCUT2D eigenvalue weighted by atomic mass is 9.73. The summed E-state index contributed by atoms with van der Waals surface area (Å²) in [6.07, 6.45) is 4.88. The van der Waals surface area contributed by atoms with Crippen LogP contribution in [0.2, 0.25) is 0 Å². The summed E-state index contributed by atoms with van der Waals surface area (Å²) in [5.41, 5.74) is 0.398. The average Bonchev–Trinajstić information content (AvgIpc) is 3.53. The SMILES string of the molecule is CC(C)CCN1C(=O)C(C2=NS(=O)(=O)c3cc(N(C)S(=O)(=O)C4CC4)ccc3N2)C(=O)C2C1[C@@H]1CC[C@H]2C1. The van der Waals surface area contributed by atoms with Crippen LogP contribution in [0.5, 0.6) is 0 Å². The van der Waals surface area contributed by atoms with E-state index in [9.17, 15) is 26.4 Å². The third-order valence-corrected chi connectivity index (χ3v) is 12.6. The number of carbonyl (C=O) groups excluding carboxylic acids is 2. The number of anilines is 2. The summed E-state index contributed by atoms with van der Waals surface area (Å²) in [4.78, 5) is 29.3. The van der Waals surface area contributed by atoms with E-state index in [0.717, 1.165) is 30.0 Å². The van der Waals surface area contributed by atoms with Gasteiger partial charge in [0.2, 0.25) is 15.9 Å². The van der Waals surface area contributed by atoms with Crippen LogP contribution in [0.4, 0.5) is 11.4 Å². The number of carbonyl (C=O) groups is 2. The molecule has 1 saturated heterocycles. The molecule has 1 amide bonds. The summed E-state index contributed by atoms with van der Waals surface area (Å²) in [7, 11) is -6.45. The van der Waals surface area contributed by atoms with E-state index < -0.39 is 31.2 Å². The van der Waals surface area contributed by atoms with E-state index in [1.54, 1.807) is 0 Å². The summed E-state index contributed by atoms with van der Waals surface area (Å²) in [6, 6.07) is 4.17. The minimum absolute atomic E-state index is 0.108. The maximum absolute atomic E-state index is 13.8. The van der Waals surface area contributed by atoms with Gasteiger partial charge in [-0.05, 0) is 74.5 Å². The van der Waals surface area contributed by atoms with E-state index in [2.05, 4.69) is 23.6 Å². The molecule has 0 radical (unpaired) electrons. The first-order valence-corrected chi connectivity index (χ1v) is 16.4. The zero-order chi connectivity index (χ0) is 27.1. The van der Waals surface area contributed by atoms with Gasteiger partial charge < -0.3 is 10.2 Å². The lowest BCUT2D eigenvalue weighted by Gasteiger charge is -2.46. The molecule has 5 atom stereocenters. The number of nitrogens with one attached hydrogen (secondary N) is 1. The maximum atomic E-state index is 13.8. The van der Waals surface area contributed by atoms with Gasteiger partial charge in [0.15, 0.2) is 11.7 Å². The van der Waals surface area contributed by atoms with Crippen LogP contribution in [0.3, 0.4) is 0 Å². The molecule has 1 aromatic carbocycles. The molecular weight excluding hydrogens is 528 g/mol. The quantitative estimate of drug-likeness (QED) is 0.505. The fourth-order valence-electron chi connectivity index (χ4n) is 6.87. The highest BCUT2D eigenvalue weighted by molar-refractivity contribution is 7.93. The Kier molecular flexibility index (Phi) is 5.95. The predicted molar refractivity (Wildman–Crippen MR) is 143 cm³/mol. The number of amidine groups is 1. The van der Waals surface area contributed by atoms with Crippen molar-refractivity contribution in [2.45, 2.75) is 68.6 Å². The van der Waals surface area contributed by atoms with Crippen molar-refractivity contribution in [3.63, 3.8) is 0 Å². The van der Waals surface area contributed by atoms with Crippen LogP contribution < -0.4 is 9.62 Å². The van der Waals surface area contributed by atoms with Gasteiger partial charge in [-0.1, -0.05) is 13.8 Å². The van der Waals surface area contributed by atoms with Gasteiger partial charge in [0, 0.05) is 25.6 Å². The Morgan fingerprint density at radius 1 is 1.13 bits per heavy atom. The summed E-state index contributed by atoms with van der Waals surface area (Å²) in [5.74, 6) is -1.43. The first-order chi connectivity index (χ1) is 17.9. The van der Waals surface area contributed by atoms with Gasteiger partial charge in [0.25, 0.3) is 10.0 Å². The molecule has 206 valence electrons. The molecule has 2 aliphatic heterocycles. The van der Waals surface area contributed by atoms with Gasteiger partial charge in [-0.15, -0.1) is 4.40 Å². The van der Waals surface area contributed by atoms with Crippen molar-refractivity contribution in [2.24, 2.45) is 34.0 Å². The van der Waals surface area contributed by atoms with Crippen LogP contribution in [0.15, 0.2) is 27.5 Å². The Labute approximate surface area is 224 Å². The molecule has 3 saturated carbocycles. The Morgan fingerprint density at radius 2 is 1.84 bits per heavy atom. The molecule has 2 heterocycles. The van der Waals surface area contributed by atoms with Gasteiger partial charge in [0.1, 0.15) is 10.7 Å². The third kappa shape index (κ3) is 3.97. The highest BCUT2D eigenvalue weighted by atomic mass is 32.2. The zero-order valence-corrected chi connectivity index (χ0v) is 23.5. The Morgan fingerprint density at radius 3 is 2.53 bits per heavy atom. The standard InChI is InChI=1S/C26H34N4O6S2/c1-14(2)10-11-30-23-16-5-4-15(12-16)21(23)24(31)22(26(30)32)25-27-19-9-6-17(13-20(19)37(33,34)28-25)29(3)38(35,36)18-7-8-18/h6,9,13-16,18,21-23H,4-5,7-8,10-12H2,1-3H3,(H,27,28)/t15-,16+,21?,22?,23?/m0/s1. The van der Waals surface area contributed by atoms with E-state index >= 15 is 0 Å². The number of fused-ring (bicyclic) bond motifs is 6. The van der Waals surface area contributed by atoms with Crippen molar-refractivity contribution in [3.8, 4) is 0 Å². The molecular formula is C26H34N4O6S2. The Balaban J connectivity index is 1.34. The van der Waals surface area contributed by atoms with Crippen molar-refractivity contribution < 1.29 is 26.4 Å². The molecule has 2 bridgehead atoms. The monoisotopic (exact) mass is 562 g/mol. The zero-order valence-electron chi connectivity index (χ0n) is 21.8. The number of ketones is 1. The van der Waals surface area contributed by atoms with Gasteiger partial charge in [-0.3, -0.25) is 13.9 Å². The number of hydrogen-bond acceptors (Lipinski definition) is 7. The van der Waals surface area contributed by atoms with Crippen LogP contribution in [-0.4, -0.2) is 64.1 Å². The number of nitrogens with zero attached hydrogens (tertiary/aromatic N) is 3. The Hall–Kier alpha value is -2.47. The summed E-state index contributed by atoms with van der Waals surface area (Å²) in [6.45, 7) is 4.72. The number of likely N-dealkylation sites (tertiary alicyclic amines) is 1. The van der Waals surface area contributed by atoms with Crippen molar-refractivity contribution in [1.82, 2.24) is 4.90 Å². The third-order valence-electron chi connectivity index (χ3n) is 9.01. The van der Waals surface area contributed by atoms with Crippen molar-refractivity contribution >= 4 is 48.9 Å². The normalized spacial score (nSPS) is 31.6. The number of Topliss-reactive ketones (excluding diaryl/α,β-unsaturated/α-hetero) is 1. The fraction of sp³-hybridized carbons (Fsp3) is 0.654. The second kappa shape index (κ2) is 8.77. The number of benzene rings is 1. The van der Waals surface area contributed by atoms with Crippen molar-refractivity contribution in [1.29, 1.82) is 0 Å². The smallest absolute Gasteiger partial charge is 0.286 e. The number of sulfonamides is 2. The molecule has 1 N–H and O–H groups in total. The van der Waals surface area contributed by atoms with E-state index in [4.69, 9.17) is 0 Å². The minimum atomic E-state index is -4.29. The summed E-state index contributed by atoms with van der Waals surface area (Å²) < 4.78 is 57.1. The number of hydrogen-bond donors (Lipinski definition) is 1. The topological polar surface area (TPSA) is 133 Å². The van der Waals surface area contributed by atoms with E-state index in [0.29, 0.717) is 31.2 Å². The number of rotatable bonds is 7. The minimum Gasteiger partial charge on any atom is -0.341 e. The molecule has 38 heavy (non-hydrogen) atoms. The van der Waals surface area contributed by atoms with Gasteiger partial charge in [-0.25, -0.2) is 8.42 Å². The fourth-order valence-corrected chi connectivity index (χ4v) is 9.63. The van der Waals surface area contributed by atoms with Gasteiger partial charge in [-0.2, -0.15) is 8.42 Å². The first kappa shape index (κ1) is 25.8. The molecule has 1 aromatic rings. The molecule has 6 rings (SSSR count). The molecule has 0 spiro atoms. The van der Waals surface area contributed by atoms with Crippen LogP contribution in [0, 0.1) is 29.6 Å². The van der Waals surface area contributed by atoms with E-state index in [1.165, 1.54) is 25.2 Å². The largest absolute Gasteiger partial charge is 0.341 e. The molecule has 5 aliphatic rings. The van der Waals surface area contributed by atoms with Gasteiger partial charge in [0.05, 0.1) is 16.6 Å². The summed E-state index contributed by atoms with van der Waals surface area (Å²) >= 11 is 0. The first-order valence-electron chi connectivity index (χ1n) is 13.5. The maximum Gasteiger partial charge on any atom is 0.286 e. The lowest BCUT2D eigenvalue weighted by Crippen LogP contribution is -2.62. The molecule has 3 unspecified atom stereocenters. The van der Waals surface area contributed by atoms with Crippen molar-refractivity contribution in [3.05, 3.63) is 18.2 Å². The van der Waals surface area contributed by atoms with Gasteiger partial charge >= 0.3 is 0 Å². The van der Waals surface area contributed by atoms with Crippen LogP contribution in [-0.2, 0) is 29.6 Å². The molecule has 12 heteroatoms. The number of amides is 1. The Bertz CT molecular complexity index is 1450.